The molecule has 1 fully saturated rings. The first-order valence-electron chi connectivity index (χ1n) is 11.8. The van der Waals surface area contributed by atoms with Crippen molar-refractivity contribution in [3.63, 3.8) is 0 Å². The number of rotatable bonds is 10. The molecule has 0 amide bonds. The normalized spacial score (nSPS) is 14.3. The lowest BCUT2D eigenvalue weighted by Crippen LogP contribution is -2.16. The van der Waals surface area contributed by atoms with Crippen LogP contribution in [-0.4, -0.2) is 45.8 Å². The van der Waals surface area contributed by atoms with Crippen molar-refractivity contribution >= 4 is 17.2 Å². The minimum Gasteiger partial charge on any atom is -0.481 e. The van der Waals surface area contributed by atoms with Gasteiger partial charge in [-0.2, -0.15) is 9.97 Å². The van der Waals surface area contributed by atoms with Gasteiger partial charge in [0.2, 0.25) is 5.89 Å². The van der Waals surface area contributed by atoms with E-state index in [1.807, 2.05) is 32.9 Å². The van der Waals surface area contributed by atoms with Gasteiger partial charge in [-0.3, -0.25) is 0 Å². The summed E-state index contributed by atoms with van der Waals surface area (Å²) in [5, 5.41) is 8.91. The number of nitrogens with zero attached hydrogens (tertiary/aromatic N) is 3. The number of ether oxygens (including phenoxy) is 3. The van der Waals surface area contributed by atoms with Crippen LogP contribution in [0.4, 0.5) is 0 Å². The number of carboxylic acids is 1. The molecule has 1 aromatic carbocycles. The number of oxazole rings is 1. The molecule has 0 bridgehead atoms. The molecule has 1 aliphatic carbocycles. The number of hydrogen-bond donors (Lipinski definition) is 1. The molecule has 2 heterocycles. The molecule has 182 valence electrons. The maximum atomic E-state index is 10.9. The second kappa shape index (κ2) is 10.7. The van der Waals surface area contributed by atoms with Gasteiger partial charge in [0.15, 0.2) is 12.1 Å². The van der Waals surface area contributed by atoms with Crippen molar-refractivity contribution in [2.75, 3.05) is 19.8 Å². The Hall–Kier alpha value is -3.36. The molecule has 0 atom stereocenters. The van der Waals surface area contributed by atoms with Crippen molar-refractivity contribution in [2.45, 2.75) is 59.3 Å². The number of carboxylic acid groups (broad SMARTS) is 1. The van der Waals surface area contributed by atoms with Gasteiger partial charge in [-0.05, 0) is 62.3 Å². The number of carbonyl (C=O) groups is 1. The third-order valence-electron chi connectivity index (χ3n) is 5.87. The summed E-state index contributed by atoms with van der Waals surface area (Å²) in [5.41, 5.74) is 3.03. The Morgan fingerprint density at radius 1 is 1.06 bits per heavy atom. The molecule has 0 saturated heterocycles. The van der Waals surface area contributed by atoms with Crippen molar-refractivity contribution in [1.82, 2.24) is 15.0 Å². The number of benzene rings is 1. The predicted octanol–water partition coefficient (Wildman–Crippen LogP) is 5.11. The summed E-state index contributed by atoms with van der Waals surface area (Å²) in [6, 6.07) is 3.92. The summed E-state index contributed by atoms with van der Waals surface area (Å²) in [6.07, 6.45) is 6.93. The van der Waals surface area contributed by atoms with Crippen LogP contribution in [-0.2, 0) is 4.79 Å². The Bertz CT molecular complexity index is 1130. The summed E-state index contributed by atoms with van der Waals surface area (Å²) < 4.78 is 23.2. The smallest absolute Gasteiger partial charge is 0.341 e. The van der Waals surface area contributed by atoms with Crippen LogP contribution in [0.2, 0.25) is 0 Å². The molecule has 0 unspecified atom stereocenters. The Morgan fingerprint density at radius 3 is 2.47 bits per heavy atom. The highest BCUT2D eigenvalue weighted by atomic mass is 16.5. The van der Waals surface area contributed by atoms with Gasteiger partial charge in [-0.25, -0.2) is 9.78 Å². The monoisotopic (exact) mass is 469 g/mol. The van der Waals surface area contributed by atoms with Gasteiger partial charge in [0, 0.05) is 5.56 Å². The van der Waals surface area contributed by atoms with Gasteiger partial charge in [-0.15, -0.1) is 0 Å². The largest absolute Gasteiger partial charge is 0.481 e. The van der Waals surface area contributed by atoms with Gasteiger partial charge in [0.25, 0.3) is 11.6 Å². The summed E-state index contributed by atoms with van der Waals surface area (Å²) in [7, 11) is 0. The quantitative estimate of drug-likeness (QED) is 0.432. The van der Waals surface area contributed by atoms with Crippen molar-refractivity contribution in [1.29, 1.82) is 0 Å². The maximum Gasteiger partial charge on any atom is 0.341 e. The van der Waals surface area contributed by atoms with Crippen LogP contribution in [0.5, 0.6) is 17.6 Å². The van der Waals surface area contributed by atoms with Gasteiger partial charge in [-0.1, -0.05) is 26.2 Å². The van der Waals surface area contributed by atoms with Crippen LogP contribution in [0.1, 0.15) is 56.6 Å². The topological polar surface area (TPSA) is 117 Å². The van der Waals surface area contributed by atoms with Crippen molar-refractivity contribution in [3.8, 4) is 29.1 Å². The highest BCUT2D eigenvalue weighted by Gasteiger charge is 2.21. The summed E-state index contributed by atoms with van der Waals surface area (Å²) in [6.45, 7) is 6.39. The lowest BCUT2D eigenvalue weighted by atomic mass is 9.90. The van der Waals surface area contributed by atoms with E-state index in [0.717, 1.165) is 23.1 Å². The SMILES string of the molecule is CCCOc1nc(OCC2CCCCC2)nc2oc(-c3cc(C)c(OCC(=O)O)c(C)c3)nc12. The molecular formula is C25H31N3O6. The van der Waals surface area contributed by atoms with Gasteiger partial charge in [0.1, 0.15) is 5.75 Å². The zero-order valence-corrected chi connectivity index (χ0v) is 19.9. The van der Waals surface area contributed by atoms with Crippen LogP contribution in [0.3, 0.4) is 0 Å². The van der Waals surface area contributed by atoms with E-state index in [1.165, 1.54) is 32.1 Å². The van der Waals surface area contributed by atoms with E-state index < -0.39 is 12.6 Å². The fraction of sp³-hybridized carbons (Fsp3) is 0.520. The predicted molar refractivity (Wildman–Crippen MR) is 125 cm³/mol. The maximum absolute atomic E-state index is 10.9. The zero-order valence-electron chi connectivity index (χ0n) is 19.9. The zero-order chi connectivity index (χ0) is 24.1. The molecular weight excluding hydrogens is 438 g/mol. The Balaban J connectivity index is 1.63. The van der Waals surface area contributed by atoms with E-state index in [9.17, 15) is 4.79 Å². The van der Waals surface area contributed by atoms with Gasteiger partial charge < -0.3 is 23.7 Å². The second-order valence-electron chi connectivity index (χ2n) is 8.77. The second-order valence-corrected chi connectivity index (χ2v) is 8.77. The lowest BCUT2D eigenvalue weighted by molar-refractivity contribution is -0.139. The van der Waals surface area contributed by atoms with Crippen LogP contribution < -0.4 is 14.2 Å². The van der Waals surface area contributed by atoms with E-state index in [-0.39, 0.29) is 6.01 Å². The summed E-state index contributed by atoms with van der Waals surface area (Å²) in [5.74, 6) is 0.738. The van der Waals surface area contributed by atoms with Crippen LogP contribution in [0, 0.1) is 19.8 Å². The average Bonchev–Trinajstić information content (AvgIpc) is 3.25. The fourth-order valence-corrected chi connectivity index (χ4v) is 4.25. The summed E-state index contributed by atoms with van der Waals surface area (Å²) in [4.78, 5) is 24.4. The molecule has 3 aromatic rings. The van der Waals surface area contributed by atoms with Crippen LogP contribution >= 0.6 is 0 Å². The van der Waals surface area contributed by atoms with E-state index in [1.54, 1.807) is 0 Å². The van der Waals surface area contributed by atoms with E-state index >= 15 is 0 Å². The molecule has 1 N–H and O–H groups in total. The van der Waals surface area contributed by atoms with Gasteiger partial charge >= 0.3 is 12.0 Å². The standard InChI is InChI=1S/C25H31N3O6/c1-4-10-31-23-20-24(28-25(27-23)33-13-17-8-6-5-7-9-17)34-22(26-20)18-11-15(2)21(16(3)12-18)32-14-19(29)30/h11-12,17H,4-10,13-14H2,1-3H3,(H,29,30). The molecule has 34 heavy (non-hydrogen) atoms. The van der Waals surface area contributed by atoms with E-state index in [2.05, 4.69) is 15.0 Å². The van der Waals surface area contributed by atoms with Crippen molar-refractivity contribution in [2.24, 2.45) is 5.92 Å². The lowest BCUT2D eigenvalue weighted by Gasteiger charge is -2.20. The first-order valence-corrected chi connectivity index (χ1v) is 11.8. The van der Waals surface area contributed by atoms with Gasteiger partial charge in [0.05, 0.1) is 13.2 Å². The molecule has 1 aliphatic rings. The molecule has 0 spiro atoms. The third kappa shape index (κ3) is 5.58. The Kier molecular flexibility index (Phi) is 7.49. The van der Waals surface area contributed by atoms with E-state index in [4.69, 9.17) is 23.7 Å². The molecule has 0 aliphatic heterocycles. The Labute approximate surface area is 198 Å². The molecule has 0 radical (unpaired) electrons. The minimum atomic E-state index is -1.03. The molecule has 1 saturated carbocycles. The molecule has 2 aromatic heterocycles. The first kappa shape index (κ1) is 23.8. The van der Waals surface area contributed by atoms with E-state index in [0.29, 0.717) is 47.9 Å². The van der Waals surface area contributed by atoms with Crippen molar-refractivity contribution in [3.05, 3.63) is 23.3 Å². The molecule has 9 nitrogen and oxygen atoms in total. The average molecular weight is 470 g/mol. The number of aryl methyl sites for hydroxylation is 2. The van der Waals surface area contributed by atoms with Crippen LogP contribution in [0.25, 0.3) is 22.7 Å². The first-order chi connectivity index (χ1) is 16.4. The summed E-state index contributed by atoms with van der Waals surface area (Å²) >= 11 is 0. The number of hydrogen-bond acceptors (Lipinski definition) is 8. The Morgan fingerprint density at radius 2 is 1.79 bits per heavy atom. The van der Waals surface area contributed by atoms with Crippen molar-refractivity contribution < 1.29 is 28.5 Å². The molecule has 4 rings (SSSR count). The third-order valence-corrected chi connectivity index (χ3v) is 5.87. The number of aliphatic carboxylic acids is 1. The fourth-order valence-electron chi connectivity index (χ4n) is 4.25. The number of fused-ring (bicyclic) bond motifs is 1. The number of aromatic nitrogens is 3. The molecule has 9 heteroatoms. The highest BCUT2D eigenvalue weighted by molar-refractivity contribution is 5.78. The minimum absolute atomic E-state index is 0.233. The highest BCUT2D eigenvalue weighted by Crippen LogP contribution is 2.34. The van der Waals surface area contributed by atoms with Crippen LogP contribution in [0.15, 0.2) is 16.5 Å².